The zero-order chi connectivity index (χ0) is 21.0. The minimum atomic E-state index is -0.414. The van der Waals surface area contributed by atoms with Crippen LogP contribution in [0.5, 0.6) is 5.75 Å². The molecule has 1 aliphatic carbocycles. The molecule has 3 rings (SSSR count). The molecule has 0 spiro atoms. The minimum absolute atomic E-state index is 0.101. The van der Waals surface area contributed by atoms with Gasteiger partial charge in [-0.05, 0) is 77.2 Å². The number of hydrogen-bond donors (Lipinski definition) is 3. The standard InChI is InChI=1S/C21H21BrFN3O3/c1-29-16-5-2-14(3-6-16)25-19(27)10-12-8-13(9-12)20(28)21(24)26-15-4-7-18(23)17(22)11-15/h2-7,11-13H,8-10H2,1H3,(H2,24,26)(H,25,27). The third kappa shape index (κ3) is 5.41. The molecule has 1 saturated carbocycles. The Morgan fingerprint density at radius 2 is 1.79 bits per heavy atom. The number of ketones is 1. The Kier molecular flexibility index (Phi) is 6.64. The normalized spacial score (nSPS) is 17.8. The van der Waals surface area contributed by atoms with E-state index in [2.05, 4.69) is 26.6 Å². The highest BCUT2D eigenvalue weighted by Gasteiger charge is 2.37. The van der Waals surface area contributed by atoms with Crippen molar-refractivity contribution < 1.29 is 18.7 Å². The van der Waals surface area contributed by atoms with Gasteiger partial charge < -0.3 is 15.4 Å². The van der Waals surface area contributed by atoms with Gasteiger partial charge in [0.25, 0.3) is 0 Å². The highest BCUT2D eigenvalue weighted by molar-refractivity contribution is 9.10. The molecule has 1 aliphatic rings. The largest absolute Gasteiger partial charge is 0.497 e. The van der Waals surface area contributed by atoms with E-state index in [1.54, 1.807) is 31.4 Å². The van der Waals surface area contributed by atoms with Crippen LogP contribution < -0.4 is 15.4 Å². The second-order valence-corrected chi connectivity index (χ2v) is 7.86. The van der Waals surface area contributed by atoms with Crippen molar-refractivity contribution >= 4 is 44.8 Å². The van der Waals surface area contributed by atoms with E-state index in [1.807, 2.05) is 0 Å². The molecule has 0 unspecified atom stereocenters. The van der Waals surface area contributed by atoms with Gasteiger partial charge in [0.1, 0.15) is 11.6 Å². The molecule has 0 saturated heterocycles. The summed E-state index contributed by atoms with van der Waals surface area (Å²) in [7, 11) is 1.58. The zero-order valence-corrected chi connectivity index (χ0v) is 17.4. The van der Waals surface area contributed by atoms with E-state index >= 15 is 0 Å². The average Bonchev–Trinajstić information content (AvgIpc) is 2.67. The summed E-state index contributed by atoms with van der Waals surface area (Å²) < 4.78 is 18.6. The number of ether oxygens (including phenoxy) is 1. The summed E-state index contributed by atoms with van der Waals surface area (Å²) in [6.45, 7) is 0. The van der Waals surface area contributed by atoms with Crippen LogP contribution in [-0.2, 0) is 9.59 Å². The number of hydrogen-bond acceptors (Lipinski definition) is 4. The summed E-state index contributed by atoms with van der Waals surface area (Å²) in [6, 6.07) is 11.3. The Labute approximate surface area is 176 Å². The number of carbonyl (C=O) groups excluding carboxylic acids is 2. The van der Waals surface area contributed by atoms with Crippen LogP contribution in [0.3, 0.4) is 0 Å². The molecule has 0 aromatic heterocycles. The van der Waals surface area contributed by atoms with E-state index in [4.69, 9.17) is 10.1 Å². The van der Waals surface area contributed by atoms with Crippen LogP contribution >= 0.6 is 15.9 Å². The van der Waals surface area contributed by atoms with E-state index in [-0.39, 0.29) is 33.8 Å². The maximum absolute atomic E-state index is 13.3. The zero-order valence-electron chi connectivity index (χ0n) is 15.8. The fourth-order valence-electron chi connectivity index (χ4n) is 3.25. The summed E-state index contributed by atoms with van der Waals surface area (Å²) in [5.41, 5.74) is 1.16. The third-order valence-electron chi connectivity index (χ3n) is 4.89. The predicted molar refractivity (Wildman–Crippen MR) is 113 cm³/mol. The van der Waals surface area contributed by atoms with Crippen LogP contribution in [-0.4, -0.2) is 24.6 Å². The molecule has 8 heteroatoms. The number of Topliss-reactive ketones (excluding diaryl/α,β-unsaturated/α-hetero) is 1. The smallest absolute Gasteiger partial charge is 0.224 e. The SMILES string of the molecule is COc1ccc(NC(=O)CC2CC(C(=O)C(=N)Nc3ccc(F)c(Br)c3)C2)cc1. The highest BCUT2D eigenvalue weighted by atomic mass is 79.9. The quantitative estimate of drug-likeness (QED) is 0.414. The van der Waals surface area contributed by atoms with Gasteiger partial charge in [-0.1, -0.05) is 0 Å². The van der Waals surface area contributed by atoms with Gasteiger partial charge >= 0.3 is 0 Å². The van der Waals surface area contributed by atoms with Gasteiger partial charge in [0, 0.05) is 23.7 Å². The molecule has 0 heterocycles. The number of amidine groups is 1. The molecular weight excluding hydrogens is 441 g/mol. The Morgan fingerprint density at radius 1 is 1.14 bits per heavy atom. The molecule has 3 N–H and O–H groups in total. The minimum Gasteiger partial charge on any atom is -0.497 e. The molecule has 29 heavy (non-hydrogen) atoms. The number of nitrogens with one attached hydrogen (secondary N) is 3. The van der Waals surface area contributed by atoms with E-state index in [9.17, 15) is 14.0 Å². The lowest BCUT2D eigenvalue weighted by molar-refractivity contribution is -0.123. The monoisotopic (exact) mass is 461 g/mol. The number of carbonyl (C=O) groups is 2. The maximum atomic E-state index is 13.3. The summed E-state index contributed by atoms with van der Waals surface area (Å²) in [5, 5.41) is 13.5. The Morgan fingerprint density at radius 3 is 2.41 bits per heavy atom. The first-order chi connectivity index (χ1) is 13.9. The van der Waals surface area contributed by atoms with Crippen LogP contribution in [0, 0.1) is 23.1 Å². The average molecular weight is 462 g/mol. The van der Waals surface area contributed by atoms with Crippen molar-refractivity contribution in [2.24, 2.45) is 11.8 Å². The summed E-state index contributed by atoms with van der Waals surface area (Å²) in [6.07, 6.45) is 1.49. The Balaban J connectivity index is 1.43. The van der Waals surface area contributed by atoms with Crippen LogP contribution in [0.25, 0.3) is 0 Å². The fraction of sp³-hybridized carbons (Fsp3) is 0.286. The lowest BCUT2D eigenvalue weighted by Crippen LogP contribution is -2.38. The first kappa shape index (κ1) is 21.0. The first-order valence-corrected chi connectivity index (χ1v) is 9.93. The predicted octanol–water partition coefficient (Wildman–Crippen LogP) is 4.61. The topological polar surface area (TPSA) is 91.3 Å². The van der Waals surface area contributed by atoms with Gasteiger partial charge in [-0.2, -0.15) is 0 Å². The van der Waals surface area contributed by atoms with Gasteiger partial charge in [0.05, 0.1) is 11.6 Å². The van der Waals surface area contributed by atoms with E-state index in [0.717, 1.165) is 0 Å². The van der Waals surface area contributed by atoms with Crippen molar-refractivity contribution in [2.45, 2.75) is 19.3 Å². The summed E-state index contributed by atoms with van der Waals surface area (Å²) >= 11 is 3.07. The third-order valence-corrected chi connectivity index (χ3v) is 5.50. The van der Waals surface area contributed by atoms with E-state index in [1.165, 1.54) is 18.2 Å². The van der Waals surface area contributed by atoms with Crippen LogP contribution in [0.4, 0.5) is 15.8 Å². The first-order valence-electron chi connectivity index (χ1n) is 9.14. The fourth-order valence-corrected chi connectivity index (χ4v) is 3.63. The maximum Gasteiger partial charge on any atom is 0.224 e. The van der Waals surface area contributed by atoms with Gasteiger partial charge in [0.2, 0.25) is 11.7 Å². The molecule has 2 aromatic rings. The van der Waals surface area contributed by atoms with Crippen molar-refractivity contribution in [3.63, 3.8) is 0 Å². The summed E-state index contributed by atoms with van der Waals surface area (Å²) in [5.74, 6) is -0.467. The van der Waals surface area contributed by atoms with Gasteiger partial charge in [-0.3, -0.25) is 15.0 Å². The van der Waals surface area contributed by atoms with Crippen molar-refractivity contribution in [1.82, 2.24) is 0 Å². The molecule has 6 nitrogen and oxygen atoms in total. The Bertz CT molecular complexity index is 927. The molecule has 0 radical (unpaired) electrons. The van der Waals surface area contributed by atoms with Crippen LogP contribution in [0.2, 0.25) is 0 Å². The Hall–Kier alpha value is -2.74. The molecule has 152 valence electrons. The van der Waals surface area contributed by atoms with Crippen molar-refractivity contribution in [3.05, 3.63) is 52.8 Å². The lowest BCUT2D eigenvalue weighted by atomic mass is 9.71. The molecule has 1 fully saturated rings. The van der Waals surface area contributed by atoms with Gasteiger partial charge in [-0.25, -0.2) is 4.39 Å². The molecule has 0 atom stereocenters. The van der Waals surface area contributed by atoms with Gasteiger partial charge in [-0.15, -0.1) is 0 Å². The number of benzene rings is 2. The lowest BCUT2D eigenvalue weighted by Gasteiger charge is -2.33. The second kappa shape index (κ2) is 9.17. The van der Waals surface area contributed by atoms with Crippen molar-refractivity contribution in [1.29, 1.82) is 5.41 Å². The second-order valence-electron chi connectivity index (χ2n) is 7.01. The molecular formula is C21H21BrFN3O3. The molecule has 1 amide bonds. The van der Waals surface area contributed by atoms with Crippen LogP contribution in [0.1, 0.15) is 19.3 Å². The van der Waals surface area contributed by atoms with E-state index < -0.39 is 5.82 Å². The van der Waals surface area contributed by atoms with Crippen LogP contribution in [0.15, 0.2) is 46.9 Å². The van der Waals surface area contributed by atoms with E-state index in [0.29, 0.717) is 36.4 Å². The highest BCUT2D eigenvalue weighted by Crippen LogP contribution is 2.37. The number of anilines is 2. The van der Waals surface area contributed by atoms with Gasteiger partial charge in [0.15, 0.2) is 5.84 Å². The molecule has 0 bridgehead atoms. The number of halogens is 2. The molecule has 0 aliphatic heterocycles. The summed E-state index contributed by atoms with van der Waals surface area (Å²) in [4.78, 5) is 24.5. The molecule has 2 aromatic carbocycles. The van der Waals surface area contributed by atoms with Crippen molar-refractivity contribution in [3.8, 4) is 5.75 Å². The van der Waals surface area contributed by atoms with Crippen molar-refractivity contribution in [2.75, 3.05) is 17.7 Å². The number of amides is 1. The number of rotatable bonds is 7. The number of methoxy groups -OCH3 is 1.